The van der Waals surface area contributed by atoms with Crippen molar-refractivity contribution in [2.45, 2.75) is 17.9 Å². The van der Waals surface area contributed by atoms with Gasteiger partial charge in [0.1, 0.15) is 0 Å². The molecular formula is C12H19N5O2S2. The molecule has 3 heterocycles. The van der Waals surface area contributed by atoms with Gasteiger partial charge in [-0.2, -0.15) is 0 Å². The van der Waals surface area contributed by atoms with E-state index >= 15 is 0 Å². The van der Waals surface area contributed by atoms with E-state index in [4.69, 9.17) is 5.73 Å². The van der Waals surface area contributed by atoms with Gasteiger partial charge in [-0.3, -0.25) is 4.40 Å². The summed E-state index contributed by atoms with van der Waals surface area (Å²) in [6.07, 6.45) is 3.82. The summed E-state index contributed by atoms with van der Waals surface area (Å²) < 4.78 is 29.2. The number of piperidine rings is 1. The maximum Gasteiger partial charge on any atom is 0.260 e. The fourth-order valence-corrected chi connectivity index (χ4v) is 4.88. The maximum atomic E-state index is 12.5. The fourth-order valence-electron chi connectivity index (χ4n) is 2.78. The molecule has 0 amide bonds. The standard InChI is InChI=1S/C12H19N5O2S2/c1-16-4-2-3-9(8-16)7-14-21(18,19)11-10(13)15-12-17(11)5-6-20-12/h5-6,9,14H,2-4,7-8,13H2,1H3. The lowest BCUT2D eigenvalue weighted by Crippen LogP contribution is -2.39. The molecule has 0 aliphatic carbocycles. The number of imidazole rings is 1. The van der Waals surface area contributed by atoms with Gasteiger partial charge in [0.15, 0.2) is 15.8 Å². The Labute approximate surface area is 127 Å². The number of anilines is 1. The average molecular weight is 329 g/mol. The van der Waals surface area contributed by atoms with Crippen molar-refractivity contribution in [2.75, 3.05) is 32.4 Å². The highest BCUT2D eigenvalue weighted by molar-refractivity contribution is 7.89. The third-order valence-electron chi connectivity index (χ3n) is 3.78. The van der Waals surface area contributed by atoms with Crippen molar-refractivity contribution >= 4 is 32.1 Å². The summed E-state index contributed by atoms with van der Waals surface area (Å²) in [5.41, 5.74) is 5.76. The quantitative estimate of drug-likeness (QED) is 0.857. The van der Waals surface area contributed by atoms with Crippen LogP contribution in [-0.2, 0) is 10.0 Å². The lowest BCUT2D eigenvalue weighted by atomic mass is 9.99. The SMILES string of the molecule is CN1CCCC(CNS(=O)(=O)c2c(N)nc3sccn23)C1. The second kappa shape index (κ2) is 5.56. The smallest absolute Gasteiger partial charge is 0.260 e. The minimum atomic E-state index is -3.65. The number of nitrogen functional groups attached to an aromatic ring is 1. The van der Waals surface area contributed by atoms with Crippen molar-refractivity contribution < 1.29 is 8.42 Å². The lowest BCUT2D eigenvalue weighted by molar-refractivity contribution is 0.211. The van der Waals surface area contributed by atoms with E-state index in [1.54, 1.807) is 11.6 Å². The molecule has 3 N–H and O–H groups in total. The average Bonchev–Trinajstić information content (AvgIpc) is 2.96. The zero-order valence-corrected chi connectivity index (χ0v) is 13.5. The van der Waals surface area contributed by atoms with E-state index < -0.39 is 10.0 Å². The summed E-state index contributed by atoms with van der Waals surface area (Å²) in [5.74, 6) is 0.390. The maximum absolute atomic E-state index is 12.5. The van der Waals surface area contributed by atoms with Crippen molar-refractivity contribution in [1.82, 2.24) is 19.0 Å². The summed E-state index contributed by atoms with van der Waals surface area (Å²) in [4.78, 5) is 6.90. The Hall–Kier alpha value is -1.16. The highest BCUT2D eigenvalue weighted by Crippen LogP contribution is 2.23. The Balaban J connectivity index is 1.77. The van der Waals surface area contributed by atoms with Crippen molar-refractivity contribution in [2.24, 2.45) is 5.92 Å². The van der Waals surface area contributed by atoms with Crippen LogP contribution in [0.25, 0.3) is 4.96 Å². The Morgan fingerprint density at radius 3 is 3.14 bits per heavy atom. The van der Waals surface area contributed by atoms with Crippen LogP contribution in [-0.4, -0.2) is 49.4 Å². The predicted molar refractivity (Wildman–Crippen MR) is 82.9 cm³/mol. The summed E-state index contributed by atoms with van der Waals surface area (Å²) in [5, 5.41) is 1.83. The first-order valence-corrected chi connectivity index (χ1v) is 9.23. The number of sulfonamides is 1. The molecule has 2 aromatic heterocycles. The number of hydrogen-bond donors (Lipinski definition) is 2. The first-order chi connectivity index (χ1) is 9.97. The molecule has 1 atom stereocenters. The fraction of sp³-hybridized carbons (Fsp3) is 0.583. The Kier molecular flexibility index (Phi) is 3.91. The van der Waals surface area contributed by atoms with Crippen molar-refractivity contribution in [1.29, 1.82) is 0 Å². The van der Waals surface area contributed by atoms with Crippen LogP contribution in [0, 0.1) is 5.92 Å². The van der Waals surface area contributed by atoms with Gasteiger partial charge in [-0.15, -0.1) is 11.3 Å². The molecule has 1 aliphatic rings. The van der Waals surface area contributed by atoms with Gasteiger partial charge in [0, 0.05) is 24.7 Å². The van der Waals surface area contributed by atoms with Crippen LogP contribution >= 0.6 is 11.3 Å². The number of likely N-dealkylation sites (tertiary alicyclic amines) is 1. The Morgan fingerprint density at radius 2 is 2.38 bits per heavy atom. The summed E-state index contributed by atoms with van der Waals surface area (Å²) in [6.45, 7) is 2.43. The van der Waals surface area contributed by atoms with Gasteiger partial charge in [-0.1, -0.05) is 0 Å². The molecule has 3 rings (SSSR count). The lowest BCUT2D eigenvalue weighted by Gasteiger charge is -2.29. The topological polar surface area (TPSA) is 92.7 Å². The number of fused-ring (bicyclic) bond motifs is 1. The predicted octanol–water partition coefficient (Wildman–Crippen LogP) is 0.598. The molecule has 21 heavy (non-hydrogen) atoms. The molecule has 116 valence electrons. The second-order valence-electron chi connectivity index (χ2n) is 5.48. The zero-order chi connectivity index (χ0) is 15.0. The molecular weight excluding hydrogens is 310 g/mol. The van der Waals surface area contributed by atoms with Gasteiger partial charge in [-0.25, -0.2) is 18.1 Å². The molecule has 0 aromatic carbocycles. The van der Waals surface area contributed by atoms with Crippen LogP contribution in [0.15, 0.2) is 16.6 Å². The molecule has 0 saturated carbocycles. The molecule has 9 heteroatoms. The summed E-state index contributed by atoms with van der Waals surface area (Å²) >= 11 is 1.36. The van der Waals surface area contributed by atoms with Crippen molar-refractivity contribution in [3.8, 4) is 0 Å². The largest absolute Gasteiger partial charge is 0.381 e. The monoisotopic (exact) mass is 329 g/mol. The van der Waals surface area contributed by atoms with E-state index in [2.05, 4.69) is 21.7 Å². The number of aromatic nitrogens is 2. The van der Waals surface area contributed by atoms with Crippen molar-refractivity contribution in [3.63, 3.8) is 0 Å². The van der Waals surface area contributed by atoms with Crippen LogP contribution in [0.1, 0.15) is 12.8 Å². The molecule has 0 radical (unpaired) electrons. The molecule has 1 aliphatic heterocycles. The molecule has 1 unspecified atom stereocenters. The van der Waals surface area contributed by atoms with E-state index in [1.165, 1.54) is 15.7 Å². The highest BCUT2D eigenvalue weighted by Gasteiger charge is 2.26. The molecule has 2 aromatic rings. The molecule has 1 saturated heterocycles. The van der Waals surface area contributed by atoms with Crippen LogP contribution in [0.4, 0.5) is 5.82 Å². The summed E-state index contributed by atoms with van der Waals surface area (Å²) in [7, 11) is -1.59. The second-order valence-corrected chi connectivity index (χ2v) is 8.04. The van der Waals surface area contributed by atoms with Gasteiger partial charge < -0.3 is 10.6 Å². The van der Waals surface area contributed by atoms with Gasteiger partial charge >= 0.3 is 0 Å². The van der Waals surface area contributed by atoms with E-state index in [9.17, 15) is 8.42 Å². The number of nitrogens with one attached hydrogen (secondary N) is 1. The zero-order valence-electron chi connectivity index (χ0n) is 11.8. The molecule has 0 spiro atoms. The minimum absolute atomic E-state index is 0.0444. The van der Waals surface area contributed by atoms with Crippen LogP contribution in [0.3, 0.4) is 0 Å². The molecule has 7 nitrogen and oxygen atoms in total. The normalized spacial score (nSPS) is 21.1. The van der Waals surface area contributed by atoms with E-state index in [0.29, 0.717) is 17.4 Å². The number of thiazole rings is 1. The summed E-state index contributed by atoms with van der Waals surface area (Å²) in [6, 6.07) is 0. The Morgan fingerprint density at radius 1 is 1.57 bits per heavy atom. The van der Waals surface area contributed by atoms with Crippen LogP contribution in [0.5, 0.6) is 0 Å². The number of hydrogen-bond acceptors (Lipinski definition) is 6. The van der Waals surface area contributed by atoms with Gasteiger partial charge in [-0.05, 0) is 32.4 Å². The molecule has 0 bridgehead atoms. The van der Waals surface area contributed by atoms with Gasteiger partial charge in [0.25, 0.3) is 10.0 Å². The third-order valence-corrected chi connectivity index (χ3v) is 6.00. The van der Waals surface area contributed by atoms with Gasteiger partial charge in [0.05, 0.1) is 0 Å². The molecule has 1 fully saturated rings. The number of nitrogens with two attached hydrogens (primary N) is 1. The number of nitrogens with zero attached hydrogens (tertiary/aromatic N) is 3. The first-order valence-electron chi connectivity index (χ1n) is 6.86. The highest BCUT2D eigenvalue weighted by atomic mass is 32.2. The Bertz CT molecular complexity index is 736. The minimum Gasteiger partial charge on any atom is -0.381 e. The van der Waals surface area contributed by atoms with Crippen LogP contribution < -0.4 is 10.5 Å². The van der Waals surface area contributed by atoms with E-state index in [0.717, 1.165) is 25.9 Å². The third kappa shape index (κ3) is 2.91. The first kappa shape index (κ1) is 14.8. The number of rotatable bonds is 4. The van der Waals surface area contributed by atoms with Crippen molar-refractivity contribution in [3.05, 3.63) is 11.6 Å². The van der Waals surface area contributed by atoms with E-state index in [-0.39, 0.29) is 10.8 Å². The van der Waals surface area contributed by atoms with Crippen LogP contribution in [0.2, 0.25) is 0 Å². The van der Waals surface area contributed by atoms with Gasteiger partial charge in [0.2, 0.25) is 0 Å². The van der Waals surface area contributed by atoms with E-state index in [1.807, 2.05) is 0 Å².